The highest BCUT2D eigenvalue weighted by atomic mass is 32.1. The van der Waals surface area contributed by atoms with Crippen LogP contribution in [0.2, 0.25) is 0 Å². The first-order chi connectivity index (χ1) is 14.4. The number of non-ortho nitro benzene ring substituents is 1. The number of nitrogens with zero attached hydrogens (tertiary/aromatic N) is 4. The molecule has 0 saturated carbocycles. The van der Waals surface area contributed by atoms with E-state index in [0.717, 1.165) is 21.3 Å². The second-order valence-electron chi connectivity index (χ2n) is 6.65. The van der Waals surface area contributed by atoms with Crippen LogP contribution >= 0.6 is 22.7 Å². The van der Waals surface area contributed by atoms with Crippen LogP contribution in [0.3, 0.4) is 0 Å². The van der Waals surface area contributed by atoms with Crippen LogP contribution in [0.1, 0.15) is 0 Å². The van der Waals surface area contributed by atoms with E-state index in [4.69, 9.17) is 5.73 Å². The van der Waals surface area contributed by atoms with Gasteiger partial charge in [-0.1, -0.05) is 23.5 Å². The Kier molecular flexibility index (Phi) is 5.34. The molecule has 0 unspecified atom stereocenters. The average molecular weight is 439 g/mol. The Balaban J connectivity index is 1.56. The van der Waals surface area contributed by atoms with Gasteiger partial charge in [0.15, 0.2) is 5.13 Å². The van der Waals surface area contributed by atoms with Gasteiger partial charge in [-0.15, -0.1) is 11.3 Å². The summed E-state index contributed by atoms with van der Waals surface area (Å²) in [6.07, 6.45) is 0. The van der Waals surface area contributed by atoms with Crippen LogP contribution in [-0.2, 0) is 0 Å². The summed E-state index contributed by atoms with van der Waals surface area (Å²) in [5.41, 5.74) is 9.54. The van der Waals surface area contributed by atoms with Crippen molar-refractivity contribution in [1.29, 1.82) is 0 Å². The molecule has 0 atom stereocenters. The third kappa shape index (κ3) is 4.09. The minimum absolute atomic E-state index is 0.0334. The lowest BCUT2D eigenvalue weighted by Gasteiger charge is -2.12. The third-order valence-electron chi connectivity index (χ3n) is 4.34. The summed E-state index contributed by atoms with van der Waals surface area (Å²) >= 11 is 2.84. The Morgan fingerprint density at radius 1 is 1.13 bits per heavy atom. The molecule has 2 aromatic heterocycles. The number of nitro benzene ring substituents is 1. The molecule has 0 aliphatic heterocycles. The van der Waals surface area contributed by atoms with E-state index < -0.39 is 4.92 Å². The SMILES string of the molecule is CN(C)c1ccc(Nc2nc(N)c(-c3nc(-c4cccc([N+](=O)[O-])c4)cs3)s2)cc1. The molecule has 2 heterocycles. The fourth-order valence-corrected chi connectivity index (χ4v) is 4.63. The molecule has 0 saturated heterocycles. The van der Waals surface area contributed by atoms with E-state index in [-0.39, 0.29) is 5.69 Å². The lowest BCUT2D eigenvalue weighted by molar-refractivity contribution is -0.384. The number of aromatic nitrogens is 2. The first-order valence-electron chi connectivity index (χ1n) is 8.92. The number of nitrogens with two attached hydrogens (primary N) is 1. The van der Waals surface area contributed by atoms with Crippen molar-refractivity contribution in [3.63, 3.8) is 0 Å². The maximum absolute atomic E-state index is 11.0. The van der Waals surface area contributed by atoms with Crippen molar-refractivity contribution in [2.45, 2.75) is 0 Å². The fourth-order valence-electron chi connectivity index (χ4n) is 2.79. The molecule has 30 heavy (non-hydrogen) atoms. The van der Waals surface area contributed by atoms with Gasteiger partial charge >= 0.3 is 0 Å². The monoisotopic (exact) mass is 438 g/mol. The average Bonchev–Trinajstić information content (AvgIpc) is 3.35. The molecule has 4 rings (SSSR count). The van der Waals surface area contributed by atoms with Gasteiger partial charge in [0.1, 0.15) is 15.7 Å². The number of nitro groups is 1. The van der Waals surface area contributed by atoms with Gasteiger partial charge in [0.2, 0.25) is 0 Å². The molecular formula is C20H18N6O2S2. The van der Waals surface area contributed by atoms with E-state index in [2.05, 4.69) is 15.3 Å². The molecule has 0 amide bonds. The lowest BCUT2D eigenvalue weighted by atomic mass is 10.1. The van der Waals surface area contributed by atoms with Gasteiger partial charge in [0.25, 0.3) is 5.69 Å². The quantitative estimate of drug-likeness (QED) is 0.313. The second kappa shape index (κ2) is 8.09. The van der Waals surface area contributed by atoms with E-state index in [1.54, 1.807) is 12.1 Å². The molecule has 152 valence electrons. The molecule has 0 spiro atoms. The summed E-state index contributed by atoms with van der Waals surface area (Å²) in [7, 11) is 3.98. The summed E-state index contributed by atoms with van der Waals surface area (Å²) in [5, 5.41) is 17.5. The zero-order valence-corrected chi connectivity index (χ0v) is 17.8. The van der Waals surface area contributed by atoms with E-state index in [9.17, 15) is 10.1 Å². The second-order valence-corrected chi connectivity index (χ2v) is 8.50. The molecule has 0 aliphatic carbocycles. The summed E-state index contributed by atoms with van der Waals surface area (Å²) in [6.45, 7) is 0. The first-order valence-corrected chi connectivity index (χ1v) is 10.6. The van der Waals surface area contributed by atoms with Crippen molar-refractivity contribution in [3.05, 3.63) is 64.0 Å². The van der Waals surface area contributed by atoms with Gasteiger partial charge in [0.05, 0.1) is 10.6 Å². The van der Waals surface area contributed by atoms with Crippen molar-refractivity contribution in [3.8, 4) is 21.1 Å². The molecule has 10 heteroatoms. The van der Waals surface area contributed by atoms with Gasteiger partial charge in [-0.25, -0.2) is 9.97 Å². The van der Waals surface area contributed by atoms with Crippen LogP contribution in [0.4, 0.5) is 28.0 Å². The minimum Gasteiger partial charge on any atom is -0.382 e. The molecular weight excluding hydrogens is 420 g/mol. The highest BCUT2D eigenvalue weighted by Gasteiger charge is 2.16. The first kappa shape index (κ1) is 19.8. The summed E-state index contributed by atoms with van der Waals surface area (Å²) in [5.74, 6) is 0.396. The zero-order valence-electron chi connectivity index (χ0n) is 16.2. The number of hydrogen-bond donors (Lipinski definition) is 2. The van der Waals surface area contributed by atoms with Crippen molar-refractivity contribution >= 4 is 50.7 Å². The largest absolute Gasteiger partial charge is 0.382 e. The fraction of sp³-hybridized carbons (Fsp3) is 0.100. The Labute approximate surface area is 180 Å². The molecule has 4 aromatic rings. The number of thiazole rings is 2. The third-order valence-corrected chi connectivity index (χ3v) is 6.32. The highest BCUT2D eigenvalue weighted by Crippen LogP contribution is 2.39. The van der Waals surface area contributed by atoms with Crippen molar-refractivity contribution in [2.75, 3.05) is 30.0 Å². The summed E-state index contributed by atoms with van der Waals surface area (Å²) in [4.78, 5) is 22.4. The lowest BCUT2D eigenvalue weighted by Crippen LogP contribution is -2.08. The normalized spacial score (nSPS) is 10.7. The van der Waals surface area contributed by atoms with Crippen LogP contribution in [0.15, 0.2) is 53.9 Å². The molecule has 2 aromatic carbocycles. The standard InChI is InChI=1S/C20H18N6O2S2/c1-25(2)14-8-6-13(7-9-14)22-20-24-18(21)17(30-20)19-23-16(11-29-19)12-4-3-5-15(10-12)26(27)28/h3-11H,21H2,1-2H3,(H,22,24). The maximum Gasteiger partial charge on any atom is 0.270 e. The van der Waals surface area contributed by atoms with E-state index in [1.807, 2.05) is 48.6 Å². The number of hydrogen-bond acceptors (Lipinski definition) is 9. The van der Waals surface area contributed by atoms with Crippen LogP contribution in [-0.4, -0.2) is 29.0 Å². The van der Waals surface area contributed by atoms with Gasteiger partial charge in [-0.3, -0.25) is 10.1 Å². The maximum atomic E-state index is 11.0. The van der Waals surface area contributed by atoms with Crippen LogP contribution in [0.5, 0.6) is 0 Å². The van der Waals surface area contributed by atoms with Gasteiger partial charge in [-0.05, 0) is 24.3 Å². The molecule has 0 aliphatic rings. The number of rotatable bonds is 6. The summed E-state index contributed by atoms with van der Waals surface area (Å²) in [6, 6.07) is 14.4. The molecule has 0 bridgehead atoms. The predicted octanol–water partition coefficient (Wildman–Crippen LogP) is 5.23. The Hall–Kier alpha value is -3.50. The van der Waals surface area contributed by atoms with Gasteiger partial charge < -0.3 is 16.0 Å². The Bertz CT molecular complexity index is 1200. The number of nitrogen functional groups attached to an aromatic ring is 1. The minimum atomic E-state index is -0.416. The Morgan fingerprint density at radius 2 is 1.90 bits per heavy atom. The molecule has 0 fully saturated rings. The highest BCUT2D eigenvalue weighted by molar-refractivity contribution is 7.23. The van der Waals surface area contributed by atoms with Gasteiger partial charge in [0, 0.05) is 48.5 Å². The predicted molar refractivity (Wildman–Crippen MR) is 124 cm³/mol. The number of nitrogens with one attached hydrogen (secondary N) is 1. The summed E-state index contributed by atoms with van der Waals surface area (Å²) < 4.78 is 0. The molecule has 3 N–H and O–H groups in total. The number of benzene rings is 2. The molecule has 0 radical (unpaired) electrons. The smallest absolute Gasteiger partial charge is 0.270 e. The zero-order chi connectivity index (χ0) is 21.3. The van der Waals surface area contributed by atoms with Crippen molar-refractivity contribution in [1.82, 2.24) is 9.97 Å². The van der Waals surface area contributed by atoms with E-state index in [1.165, 1.54) is 34.8 Å². The van der Waals surface area contributed by atoms with Crippen LogP contribution in [0, 0.1) is 10.1 Å². The Morgan fingerprint density at radius 3 is 2.60 bits per heavy atom. The topological polar surface area (TPSA) is 110 Å². The molecule has 8 nitrogen and oxygen atoms in total. The van der Waals surface area contributed by atoms with E-state index >= 15 is 0 Å². The van der Waals surface area contributed by atoms with Crippen molar-refractivity contribution < 1.29 is 4.92 Å². The number of anilines is 4. The van der Waals surface area contributed by atoms with Crippen molar-refractivity contribution in [2.24, 2.45) is 0 Å². The van der Waals surface area contributed by atoms with Crippen LogP contribution < -0.4 is 16.0 Å². The van der Waals surface area contributed by atoms with Gasteiger partial charge in [-0.2, -0.15) is 0 Å². The van der Waals surface area contributed by atoms with Crippen LogP contribution in [0.25, 0.3) is 21.1 Å². The van der Waals surface area contributed by atoms with E-state index in [0.29, 0.717) is 22.2 Å².